The number of furan rings is 1. The van der Waals surface area contributed by atoms with Crippen molar-refractivity contribution in [1.82, 2.24) is 4.90 Å². The number of rotatable bonds is 5. The Bertz CT molecular complexity index is 1090. The first-order valence-corrected chi connectivity index (χ1v) is 9.87. The van der Waals surface area contributed by atoms with E-state index in [0.717, 1.165) is 11.3 Å². The summed E-state index contributed by atoms with van der Waals surface area (Å²) in [5, 5.41) is 10.4. The molecule has 1 aromatic heterocycles. The predicted octanol–water partition coefficient (Wildman–Crippen LogP) is 5.65. The highest BCUT2D eigenvalue weighted by Crippen LogP contribution is 2.33. The van der Waals surface area contributed by atoms with Gasteiger partial charge in [-0.15, -0.1) is 0 Å². The van der Waals surface area contributed by atoms with Crippen molar-refractivity contribution in [3.8, 4) is 17.4 Å². The summed E-state index contributed by atoms with van der Waals surface area (Å²) in [6, 6.07) is 10.4. The smallest absolute Gasteiger partial charge is 0.271 e. The molecular weight excluding hydrogens is 411 g/mol. The largest absolute Gasteiger partial charge is 0.457 e. The van der Waals surface area contributed by atoms with Gasteiger partial charge in [-0.1, -0.05) is 36.5 Å². The van der Waals surface area contributed by atoms with Gasteiger partial charge in [-0.3, -0.25) is 14.5 Å². The SMILES string of the molecule is CCCCN1C(=O)C(C#N)=C(C)/C(=C\c2ccc(-c3cc(Cl)ccc3Cl)o2)C1=O. The van der Waals surface area contributed by atoms with Crippen LogP contribution in [-0.4, -0.2) is 23.3 Å². The Balaban J connectivity index is 2.02. The number of halogens is 2. The molecule has 3 rings (SSSR count). The second-order valence-electron chi connectivity index (χ2n) is 6.61. The molecule has 0 fully saturated rings. The zero-order chi connectivity index (χ0) is 21.1. The van der Waals surface area contributed by atoms with Crippen molar-refractivity contribution in [2.24, 2.45) is 0 Å². The lowest BCUT2D eigenvalue weighted by Gasteiger charge is -2.27. The molecule has 0 saturated heterocycles. The lowest BCUT2D eigenvalue weighted by molar-refractivity contribution is -0.140. The molecule has 5 nitrogen and oxygen atoms in total. The van der Waals surface area contributed by atoms with E-state index in [2.05, 4.69) is 0 Å². The van der Waals surface area contributed by atoms with Crippen molar-refractivity contribution in [3.63, 3.8) is 0 Å². The van der Waals surface area contributed by atoms with Gasteiger partial charge in [0.1, 0.15) is 23.2 Å². The van der Waals surface area contributed by atoms with Crippen molar-refractivity contribution < 1.29 is 14.0 Å². The highest BCUT2D eigenvalue weighted by Gasteiger charge is 2.35. The summed E-state index contributed by atoms with van der Waals surface area (Å²) in [6.45, 7) is 3.83. The van der Waals surface area contributed by atoms with E-state index in [4.69, 9.17) is 27.6 Å². The topological polar surface area (TPSA) is 74.3 Å². The van der Waals surface area contributed by atoms with E-state index < -0.39 is 11.8 Å². The van der Waals surface area contributed by atoms with Crippen molar-refractivity contribution in [1.29, 1.82) is 5.26 Å². The minimum absolute atomic E-state index is 0.0309. The Morgan fingerprint density at radius 3 is 2.62 bits per heavy atom. The van der Waals surface area contributed by atoms with E-state index in [1.807, 2.05) is 13.0 Å². The molecule has 0 aliphatic carbocycles. The number of carbonyl (C=O) groups is 2. The molecule has 7 heteroatoms. The molecule has 0 spiro atoms. The maximum Gasteiger partial charge on any atom is 0.271 e. The summed E-state index contributed by atoms with van der Waals surface area (Å²) < 4.78 is 5.84. The molecule has 148 valence electrons. The molecule has 1 aliphatic rings. The first-order chi connectivity index (χ1) is 13.9. The number of unbranched alkanes of at least 4 members (excludes halogenated alkanes) is 1. The molecule has 1 aliphatic heterocycles. The average Bonchev–Trinajstić information content (AvgIpc) is 3.16. The second-order valence-corrected chi connectivity index (χ2v) is 7.46. The van der Waals surface area contributed by atoms with E-state index in [9.17, 15) is 14.9 Å². The van der Waals surface area contributed by atoms with Gasteiger partial charge in [-0.05, 0) is 55.3 Å². The van der Waals surface area contributed by atoms with E-state index in [1.165, 1.54) is 0 Å². The Labute approximate surface area is 178 Å². The number of hydrogen-bond donors (Lipinski definition) is 0. The summed E-state index contributed by atoms with van der Waals surface area (Å²) >= 11 is 12.3. The molecule has 0 saturated carbocycles. The van der Waals surface area contributed by atoms with Crippen LogP contribution in [0.5, 0.6) is 0 Å². The fourth-order valence-electron chi connectivity index (χ4n) is 3.05. The summed E-state index contributed by atoms with van der Waals surface area (Å²) in [7, 11) is 0. The first-order valence-electron chi connectivity index (χ1n) is 9.11. The minimum Gasteiger partial charge on any atom is -0.457 e. The number of benzene rings is 1. The van der Waals surface area contributed by atoms with Crippen LogP contribution in [0.3, 0.4) is 0 Å². The number of nitriles is 1. The van der Waals surface area contributed by atoms with Crippen molar-refractivity contribution in [2.75, 3.05) is 6.54 Å². The zero-order valence-electron chi connectivity index (χ0n) is 16.0. The fraction of sp³-hybridized carbons (Fsp3) is 0.227. The molecular formula is C22H18Cl2N2O3. The summed E-state index contributed by atoms with van der Waals surface area (Å²) in [5.41, 5.74) is 1.20. The summed E-state index contributed by atoms with van der Waals surface area (Å²) in [6.07, 6.45) is 3.03. The highest BCUT2D eigenvalue weighted by atomic mass is 35.5. The standard InChI is InChI=1S/C22H18Cl2N2O3/c1-3-4-9-26-21(27)16(13(2)18(12-25)22(26)28)11-15-6-8-20(29-15)17-10-14(23)5-7-19(17)24/h5-8,10-11H,3-4,9H2,1-2H3/b16-11+. The van der Waals surface area contributed by atoms with Crippen LogP contribution >= 0.6 is 23.2 Å². The van der Waals surface area contributed by atoms with Gasteiger partial charge in [0.25, 0.3) is 11.8 Å². The van der Waals surface area contributed by atoms with Crippen molar-refractivity contribution in [3.05, 3.63) is 62.9 Å². The van der Waals surface area contributed by atoms with Crippen LogP contribution in [-0.2, 0) is 9.59 Å². The maximum absolute atomic E-state index is 12.9. The number of carbonyl (C=O) groups excluding carboxylic acids is 2. The molecule has 29 heavy (non-hydrogen) atoms. The highest BCUT2D eigenvalue weighted by molar-refractivity contribution is 6.35. The monoisotopic (exact) mass is 428 g/mol. The lowest BCUT2D eigenvalue weighted by atomic mass is 9.94. The van der Waals surface area contributed by atoms with Gasteiger partial charge in [0, 0.05) is 22.7 Å². The Hall–Kier alpha value is -2.81. The van der Waals surface area contributed by atoms with E-state index >= 15 is 0 Å². The van der Waals surface area contributed by atoms with E-state index in [-0.39, 0.29) is 17.7 Å². The van der Waals surface area contributed by atoms with Crippen LogP contribution in [0.2, 0.25) is 10.0 Å². The van der Waals surface area contributed by atoms with E-state index in [1.54, 1.807) is 43.3 Å². The molecule has 0 atom stereocenters. The molecule has 2 aromatic rings. The lowest BCUT2D eigenvalue weighted by Crippen LogP contribution is -2.43. The van der Waals surface area contributed by atoms with Crippen LogP contribution in [0.1, 0.15) is 32.4 Å². The minimum atomic E-state index is -0.550. The number of amides is 2. The van der Waals surface area contributed by atoms with Crippen molar-refractivity contribution in [2.45, 2.75) is 26.7 Å². The molecule has 0 bridgehead atoms. The first kappa shape index (κ1) is 20.9. The third kappa shape index (κ3) is 4.14. The van der Waals surface area contributed by atoms with Gasteiger partial charge >= 0.3 is 0 Å². The summed E-state index contributed by atoms with van der Waals surface area (Å²) in [4.78, 5) is 26.5. The van der Waals surface area contributed by atoms with Gasteiger partial charge in [-0.25, -0.2) is 0 Å². The normalized spacial score (nSPS) is 16.0. The Morgan fingerprint density at radius 1 is 1.17 bits per heavy atom. The molecule has 0 unspecified atom stereocenters. The Morgan fingerprint density at radius 2 is 1.93 bits per heavy atom. The third-order valence-corrected chi connectivity index (χ3v) is 5.23. The molecule has 2 heterocycles. The molecule has 2 amide bonds. The van der Waals surface area contributed by atoms with Gasteiger partial charge in [0.15, 0.2) is 0 Å². The molecule has 1 aromatic carbocycles. The van der Waals surface area contributed by atoms with Gasteiger partial charge in [0.2, 0.25) is 0 Å². The average molecular weight is 429 g/mol. The quantitative estimate of drug-likeness (QED) is 0.455. The van der Waals surface area contributed by atoms with Gasteiger partial charge in [0.05, 0.1) is 5.02 Å². The van der Waals surface area contributed by atoms with Crippen LogP contribution in [0.4, 0.5) is 0 Å². The van der Waals surface area contributed by atoms with Crippen LogP contribution in [0, 0.1) is 11.3 Å². The molecule has 0 N–H and O–H groups in total. The van der Waals surface area contributed by atoms with Crippen LogP contribution < -0.4 is 0 Å². The molecule has 0 radical (unpaired) electrons. The van der Waals surface area contributed by atoms with Crippen LogP contribution in [0.25, 0.3) is 17.4 Å². The van der Waals surface area contributed by atoms with Gasteiger partial charge < -0.3 is 4.42 Å². The Kier molecular flexibility index (Phi) is 6.26. The van der Waals surface area contributed by atoms with Crippen molar-refractivity contribution >= 4 is 41.1 Å². The van der Waals surface area contributed by atoms with Crippen LogP contribution in [0.15, 0.2) is 51.5 Å². The predicted molar refractivity (Wildman–Crippen MR) is 112 cm³/mol. The maximum atomic E-state index is 12.9. The van der Waals surface area contributed by atoms with Gasteiger partial charge in [-0.2, -0.15) is 5.26 Å². The number of hydrogen-bond acceptors (Lipinski definition) is 4. The second kappa shape index (κ2) is 8.69. The van der Waals surface area contributed by atoms with E-state index in [0.29, 0.717) is 39.1 Å². The fourth-order valence-corrected chi connectivity index (χ4v) is 3.44. The number of nitrogens with zero attached hydrogens (tertiary/aromatic N) is 2. The third-order valence-electron chi connectivity index (χ3n) is 4.67. The zero-order valence-corrected chi connectivity index (χ0v) is 17.5. The number of imide groups is 1. The summed E-state index contributed by atoms with van der Waals surface area (Å²) in [5.74, 6) is -0.0837.